The lowest BCUT2D eigenvalue weighted by Gasteiger charge is -2.25. The molecule has 0 amide bonds. The van der Waals surface area contributed by atoms with Gasteiger partial charge < -0.3 is 5.73 Å². The Morgan fingerprint density at radius 1 is 1.19 bits per heavy atom. The summed E-state index contributed by atoms with van der Waals surface area (Å²) in [5, 5.41) is 0.636. The molecule has 3 heteroatoms. The minimum absolute atomic E-state index is 0.230. The molecule has 1 aliphatic carbocycles. The summed E-state index contributed by atoms with van der Waals surface area (Å²) in [6, 6.07) is 4.82. The van der Waals surface area contributed by atoms with E-state index in [1.165, 1.54) is 31.7 Å². The molecular weight excluding hydrogens is 221 g/mol. The minimum atomic E-state index is -0.230. The quantitative estimate of drug-likeness (QED) is 0.787. The Labute approximate surface area is 101 Å². The summed E-state index contributed by atoms with van der Waals surface area (Å²) in [6.45, 7) is 2.31. The molecule has 0 spiro atoms. The van der Waals surface area contributed by atoms with Crippen LogP contribution in [0.5, 0.6) is 0 Å². The first-order chi connectivity index (χ1) is 7.63. The van der Waals surface area contributed by atoms with Crippen molar-refractivity contribution in [2.75, 3.05) is 5.73 Å². The van der Waals surface area contributed by atoms with Gasteiger partial charge in [-0.05, 0) is 49.8 Å². The molecule has 1 fully saturated rings. The van der Waals surface area contributed by atoms with E-state index in [1.54, 1.807) is 17.8 Å². The van der Waals surface area contributed by atoms with Crippen LogP contribution in [0, 0.1) is 11.7 Å². The Kier molecular flexibility index (Phi) is 3.74. The lowest BCUT2D eigenvalue weighted by atomic mass is 9.91. The zero-order valence-corrected chi connectivity index (χ0v) is 10.4. The van der Waals surface area contributed by atoms with E-state index >= 15 is 0 Å². The van der Waals surface area contributed by atoms with Gasteiger partial charge in [0.2, 0.25) is 0 Å². The van der Waals surface area contributed by atoms with Crippen molar-refractivity contribution in [1.82, 2.24) is 0 Å². The average Bonchev–Trinajstić information content (AvgIpc) is 2.20. The number of hydrogen-bond donors (Lipinski definition) is 1. The second-order valence-electron chi connectivity index (χ2n) is 4.72. The molecule has 0 radical (unpaired) electrons. The van der Waals surface area contributed by atoms with Crippen LogP contribution in [-0.4, -0.2) is 5.25 Å². The molecule has 0 saturated heterocycles. The highest BCUT2D eigenvalue weighted by molar-refractivity contribution is 8.00. The molecule has 0 bridgehead atoms. The van der Waals surface area contributed by atoms with Gasteiger partial charge in [0, 0.05) is 15.8 Å². The van der Waals surface area contributed by atoms with Crippen LogP contribution in [0.2, 0.25) is 0 Å². The predicted molar refractivity (Wildman–Crippen MR) is 68.1 cm³/mol. The summed E-state index contributed by atoms with van der Waals surface area (Å²) in [5.41, 5.74) is 6.15. The molecule has 16 heavy (non-hydrogen) atoms. The van der Waals surface area contributed by atoms with E-state index in [9.17, 15) is 4.39 Å². The van der Waals surface area contributed by atoms with Gasteiger partial charge in [0.25, 0.3) is 0 Å². The Bertz CT molecular complexity index is 339. The van der Waals surface area contributed by atoms with Crippen molar-refractivity contribution in [3.63, 3.8) is 0 Å². The van der Waals surface area contributed by atoms with E-state index < -0.39 is 0 Å². The SMILES string of the molecule is CC1CCC(Sc2cc(N)cc(F)c2)CC1. The first-order valence-electron chi connectivity index (χ1n) is 5.86. The Hall–Kier alpha value is -0.700. The number of halogens is 1. The maximum atomic E-state index is 13.2. The first-order valence-corrected chi connectivity index (χ1v) is 6.74. The summed E-state index contributed by atoms with van der Waals surface area (Å²) in [5.74, 6) is 0.626. The highest BCUT2D eigenvalue weighted by atomic mass is 32.2. The number of nitrogens with two attached hydrogens (primary N) is 1. The van der Waals surface area contributed by atoms with E-state index in [-0.39, 0.29) is 5.82 Å². The molecular formula is C13H18FNS. The normalized spacial score (nSPS) is 25.6. The van der Waals surface area contributed by atoms with Crippen LogP contribution in [0.15, 0.2) is 23.1 Å². The molecule has 1 aromatic carbocycles. The van der Waals surface area contributed by atoms with Crippen molar-refractivity contribution in [3.05, 3.63) is 24.0 Å². The van der Waals surface area contributed by atoms with Crippen LogP contribution < -0.4 is 5.73 Å². The molecule has 1 saturated carbocycles. The van der Waals surface area contributed by atoms with Crippen molar-refractivity contribution in [2.24, 2.45) is 5.92 Å². The summed E-state index contributed by atoms with van der Waals surface area (Å²) in [4.78, 5) is 0.969. The van der Waals surface area contributed by atoms with Gasteiger partial charge >= 0.3 is 0 Å². The van der Waals surface area contributed by atoms with Gasteiger partial charge in [-0.1, -0.05) is 6.92 Å². The fraction of sp³-hybridized carbons (Fsp3) is 0.538. The van der Waals surface area contributed by atoms with Gasteiger partial charge in [-0.15, -0.1) is 11.8 Å². The molecule has 0 atom stereocenters. The largest absolute Gasteiger partial charge is 0.399 e. The molecule has 0 unspecified atom stereocenters. The standard InChI is InChI=1S/C13H18FNS/c1-9-2-4-12(5-3-9)16-13-7-10(14)6-11(15)8-13/h6-9,12H,2-5,15H2,1H3. The molecule has 0 aromatic heterocycles. The van der Waals surface area contributed by atoms with Gasteiger partial charge in [0.15, 0.2) is 0 Å². The minimum Gasteiger partial charge on any atom is -0.399 e. The molecule has 0 aliphatic heterocycles. The van der Waals surface area contributed by atoms with Crippen LogP contribution in [-0.2, 0) is 0 Å². The lowest BCUT2D eigenvalue weighted by molar-refractivity contribution is 0.393. The van der Waals surface area contributed by atoms with Crippen molar-refractivity contribution in [2.45, 2.75) is 42.8 Å². The summed E-state index contributed by atoms with van der Waals surface area (Å²) in [6.07, 6.45) is 5.06. The van der Waals surface area contributed by atoms with E-state index in [1.807, 2.05) is 6.07 Å². The zero-order valence-electron chi connectivity index (χ0n) is 9.58. The molecule has 88 valence electrons. The van der Waals surface area contributed by atoms with Crippen molar-refractivity contribution < 1.29 is 4.39 Å². The van der Waals surface area contributed by atoms with Crippen LogP contribution in [0.4, 0.5) is 10.1 Å². The van der Waals surface area contributed by atoms with E-state index in [0.29, 0.717) is 10.9 Å². The van der Waals surface area contributed by atoms with E-state index in [4.69, 9.17) is 5.73 Å². The summed E-state index contributed by atoms with van der Waals surface area (Å²) >= 11 is 1.77. The third-order valence-corrected chi connectivity index (χ3v) is 4.47. The van der Waals surface area contributed by atoms with Gasteiger partial charge in [0.05, 0.1) is 0 Å². The van der Waals surface area contributed by atoms with Crippen molar-refractivity contribution in [1.29, 1.82) is 0 Å². The topological polar surface area (TPSA) is 26.0 Å². The second kappa shape index (κ2) is 5.09. The highest BCUT2D eigenvalue weighted by Gasteiger charge is 2.19. The Morgan fingerprint density at radius 2 is 1.88 bits per heavy atom. The fourth-order valence-corrected chi connectivity index (χ4v) is 3.47. The third-order valence-electron chi connectivity index (χ3n) is 3.16. The monoisotopic (exact) mass is 239 g/mol. The van der Waals surface area contributed by atoms with Gasteiger partial charge in [0.1, 0.15) is 5.82 Å². The Balaban J connectivity index is 1.98. The zero-order chi connectivity index (χ0) is 11.5. The van der Waals surface area contributed by atoms with Gasteiger partial charge in [-0.25, -0.2) is 4.39 Å². The fourth-order valence-electron chi connectivity index (χ4n) is 2.19. The number of thioether (sulfide) groups is 1. The number of benzene rings is 1. The molecule has 1 aromatic rings. The molecule has 1 nitrogen and oxygen atoms in total. The van der Waals surface area contributed by atoms with Crippen molar-refractivity contribution >= 4 is 17.4 Å². The maximum Gasteiger partial charge on any atom is 0.126 e. The second-order valence-corrected chi connectivity index (χ2v) is 6.09. The average molecular weight is 239 g/mol. The first kappa shape index (κ1) is 11.8. The van der Waals surface area contributed by atoms with Crippen LogP contribution >= 0.6 is 11.8 Å². The number of hydrogen-bond acceptors (Lipinski definition) is 2. The lowest BCUT2D eigenvalue weighted by Crippen LogP contribution is -2.13. The molecule has 2 N–H and O–H groups in total. The smallest absolute Gasteiger partial charge is 0.126 e. The van der Waals surface area contributed by atoms with Crippen LogP contribution in [0.3, 0.4) is 0 Å². The van der Waals surface area contributed by atoms with E-state index in [2.05, 4.69) is 6.92 Å². The van der Waals surface area contributed by atoms with Gasteiger partial charge in [-0.2, -0.15) is 0 Å². The highest BCUT2D eigenvalue weighted by Crippen LogP contribution is 2.36. The van der Waals surface area contributed by atoms with Crippen LogP contribution in [0.1, 0.15) is 32.6 Å². The number of rotatable bonds is 2. The molecule has 2 rings (SSSR count). The summed E-state index contributed by atoms with van der Waals surface area (Å²) < 4.78 is 13.2. The number of anilines is 1. The van der Waals surface area contributed by atoms with Crippen LogP contribution in [0.25, 0.3) is 0 Å². The van der Waals surface area contributed by atoms with E-state index in [0.717, 1.165) is 10.8 Å². The van der Waals surface area contributed by atoms with Crippen molar-refractivity contribution in [3.8, 4) is 0 Å². The summed E-state index contributed by atoms with van der Waals surface area (Å²) in [7, 11) is 0. The van der Waals surface area contributed by atoms with Gasteiger partial charge in [-0.3, -0.25) is 0 Å². The third kappa shape index (κ3) is 3.14. The maximum absolute atomic E-state index is 13.2. The number of nitrogen functional groups attached to an aromatic ring is 1. The predicted octanol–water partition coefficient (Wildman–Crippen LogP) is 4.08. The molecule has 0 heterocycles. The molecule has 1 aliphatic rings. The Morgan fingerprint density at radius 3 is 2.50 bits per heavy atom.